The van der Waals surface area contributed by atoms with Crippen LogP contribution in [0, 0.1) is 25.5 Å². The Morgan fingerprint density at radius 1 is 1.28 bits per heavy atom. The lowest BCUT2D eigenvalue weighted by atomic mass is 10.0. The minimum Gasteiger partial charge on any atom is -0.287 e. The zero-order valence-corrected chi connectivity index (χ0v) is 10.3. The van der Waals surface area contributed by atoms with Gasteiger partial charge in [0.05, 0.1) is 11.3 Å². The van der Waals surface area contributed by atoms with Crippen LogP contribution in [0.5, 0.6) is 0 Å². The van der Waals surface area contributed by atoms with Gasteiger partial charge in [0.1, 0.15) is 17.3 Å². The third-order valence-corrected chi connectivity index (χ3v) is 2.75. The van der Waals surface area contributed by atoms with E-state index >= 15 is 0 Å². The molecule has 0 atom stereocenters. The lowest BCUT2D eigenvalue weighted by Crippen LogP contribution is -2.13. The molecule has 5 heteroatoms. The van der Waals surface area contributed by atoms with Crippen LogP contribution >= 0.6 is 0 Å². The molecule has 0 saturated heterocycles. The summed E-state index contributed by atoms with van der Waals surface area (Å²) in [5.74, 6) is -2.38. The van der Waals surface area contributed by atoms with Gasteiger partial charge in [0.15, 0.2) is 0 Å². The van der Waals surface area contributed by atoms with Gasteiger partial charge < -0.3 is 0 Å². The Kier molecular flexibility index (Phi) is 2.98. The van der Waals surface area contributed by atoms with Crippen LogP contribution in [0.25, 0.3) is 0 Å². The second-order valence-electron chi connectivity index (χ2n) is 4.18. The highest BCUT2D eigenvalue weighted by molar-refractivity contribution is 6.08. The van der Waals surface area contributed by atoms with Gasteiger partial charge in [-0.2, -0.15) is 5.10 Å². The SMILES string of the molecule is Cc1cc(C(=O)c2c(F)ccc(C)c2F)n(C)n1. The van der Waals surface area contributed by atoms with Crippen molar-refractivity contribution in [1.82, 2.24) is 9.78 Å². The summed E-state index contributed by atoms with van der Waals surface area (Å²) in [6.45, 7) is 3.19. The number of aryl methyl sites for hydroxylation is 3. The molecule has 94 valence electrons. The number of hydrogen-bond acceptors (Lipinski definition) is 2. The molecule has 3 nitrogen and oxygen atoms in total. The van der Waals surface area contributed by atoms with Crippen LogP contribution in [-0.2, 0) is 7.05 Å². The topological polar surface area (TPSA) is 34.9 Å². The van der Waals surface area contributed by atoms with Crippen LogP contribution in [0.2, 0.25) is 0 Å². The standard InChI is InChI=1S/C13H12F2N2O/c1-7-4-5-9(14)11(12(7)15)13(18)10-6-8(2)16-17(10)3/h4-6H,1-3H3. The molecule has 18 heavy (non-hydrogen) atoms. The number of carbonyl (C=O) groups excluding carboxylic acids is 1. The fraction of sp³-hybridized carbons (Fsp3) is 0.231. The van der Waals surface area contributed by atoms with Crippen molar-refractivity contribution in [2.45, 2.75) is 13.8 Å². The number of nitrogens with zero attached hydrogens (tertiary/aromatic N) is 2. The number of aromatic nitrogens is 2. The number of benzene rings is 1. The first-order valence-corrected chi connectivity index (χ1v) is 5.41. The average molecular weight is 250 g/mol. The maximum atomic E-state index is 13.8. The van der Waals surface area contributed by atoms with Crippen molar-refractivity contribution in [3.05, 3.63) is 52.3 Å². The summed E-state index contributed by atoms with van der Waals surface area (Å²) in [4.78, 5) is 12.1. The number of ketones is 1. The van der Waals surface area contributed by atoms with Crippen LogP contribution in [0.3, 0.4) is 0 Å². The van der Waals surface area contributed by atoms with E-state index in [0.717, 1.165) is 6.07 Å². The maximum absolute atomic E-state index is 13.8. The Labute approximate surface area is 103 Å². The lowest BCUT2D eigenvalue weighted by molar-refractivity contribution is 0.102. The van der Waals surface area contributed by atoms with Gasteiger partial charge in [-0.1, -0.05) is 6.07 Å². The van der Waals surface area contributed by atoms with Gasteiger partial charge in [0.2, 0.25) is 5.78 Å². The summed E-state index contributed by atoms with van der Waals surface area (Å²) < 4.78 is 28.8. The van der Waals surface area contributed by atoms with Gasteiger partial charge in [-0.15, -0.1) is 0 Å². The molecule has 2 rings (SSSR count). The molecule has 0 N–H and O–H groups in total. The first-order chi connectivity index (χ1) is 8.41. The Hall–Kier alpha value is -2.04. The minimum atomic E-state index is -0.859. The number of carbonyl (C=O) groups is 1. The molecule has 0 fully saturated rings. The second-order valence-corrected chi connectivity index (χ2v) is 4.18. The Balaban J connectivity index is 2.60. The molecule has 1 aromatic carbocycles. The fourth-order valence-corrected chi connectivity index (χ4v) is 1.82. The van der Waals surface area contributed by atoms with Crippen molar-refractivity contribution in [3.63, 3.8) is 0 Å². The molecule has 0 radical (unpaired) electrons. The molecule has 0 amide bonds. The molecule has 1 heterocycles. The quantitative estimate of drug-likeness (QED) is 0.768. The van der Waals surface area contributed by atoms with Crippen LogP contribution in [-0.4, -0.2) is 15.6 Å². The normalized spacial score (nSPS) is 10.7. The third kappa shape index (κ3) is 1.92. The monoisotopic (exact) mass is 250 g/mol. The van der Waals surface area contributed by atoms with Crippen molar-refractivity contribution in [2.24, 2.45) is 7.05 Å². The summed E-state index contributed by atoms with van der Waals surface area (Å²) in [6.07, 6.45) is 0. The van der Waals surface area contributed by atoms with Gasteiger partial charge in [0, 0.05) is 7.05 Å². The van der Waals surface area contributed by atoms with E-state index in [2.05, 4.69) is 5.10 Å². The highest BCUT2D eigenvalue weighted by Gasteiger charge is 2.23. The van der Waals surface area contributed by atoms with E-state index in [1.807, 2.05) is 0 Å². The van der Waals surface area contributed by atoms with Crippen LogP contribution in [0.1, 0.15) is 27.3 Å². The lowest BCUT2D eigenvalue weighted by Gasteiger charge is -2.06. The molecule has 0 aliphatic carbocycles. The predicted octanol–water partition coefficient (Wildman–Crippen LogP) is 2.55. The highest BCUT2D eigenvalue weighted by atomic mass is 19.1. The van der Waals surface area contributed by atoms with Gasteiger partial charge in [-0.05, 0) is 31.5 Å². The molecule has 0 unspecified atom stereocenters. The summed E-state index contributed by atoms with van der Waals surface area (Å²) in [7, 11) is 1.56. The first-order valence-electron chi connectivity index (χ1n) is 5.41. The summed E-state index contributed by atoms with van der Waals surface area (Å²) in [6, 6.07) is 3.90. The van der Waals surface area contributed by atoms with E-state index in [9.17, 15) is 13.6 Å². The maximum Gasteiger partial charge on any atom is 0.216 e. The van der Waals surface area contributed by atoms with E-state index in [1.54, 1.807) is 14.0 Å². The van der Waals surface area contributed by atoms with E-state index in [1.165, 1.54) is 23.7 Å². The molecule has 0 aliphatic heterocycles. The molecule has 0 aliphatic rings. The van der Waals surface area contributed by atoms with Gasteiger partial charge >= 0.3 is 0 Å². The van der Waals surface area contributed by atoms with Gasteiger partial charge in [0.25, 0.3) is 0 Å². The Bertz CT molecular complexity index is 632. The second kappa shape index (κ2) is 4.33. The molecule has 2 aromatic rings. The number of halogens is 2. The zero-order chi connectivity index (χ0) is 13.4. The van der Waals surface area contributed by atoms with Crippen LogP contribution in [0.15, 0.2) is 18.2 Å². The Morgan fingerprint density at radius 3 is 2.50 bits per heavy atom. The van der Waals surface area contributed by atoms with Gasteiger partial charge in [-0.3, -0.25) is 9.48 Å². The van der Waals surface area contributed by atoms with Crippen molar-refractivity contribution in [2.75, 3.05) is 0 Å². The van der Waals surface area contributed by atoms with E-state index in [0.29, 0.717) is 5.69 Å². The number of rotatable bonds is 2. The van der Waals surface area contributed by atoms with Gasteiger partial charge in [-0.25, -0.2) is 8.78 Å². The Morgan fingerprint density at radius 2 is 1.94 bits per heavy atom. The fourth-order valence-electron chi connectivity index (χ4n) is 1.82. The highest BCUT2D eigenvalue weighted by Crippen LogP contribution is 2.20. The molecule has 0 spiro atoms. The average Bonchev–Trinajstić information content (AvgIpc) is 2.63. The largest absolute Gasteiger partial charge is 0.287 e. The summed E-state index contributed by atoms with van der Waals surface area (Å²) >= 11 is 0. The molecule has 1 aromatic heterocycles. The molecule has 0 saturated carbocycles. The minimum absolute atomic E-state index is 0.163. The molecule has 0 bridgehead atoms. The first kappa shape index (κ1) is 12.4. The van der Waals surface area contributed by atoms with E-state index < -0.39 is 23.0 Å². The van der Waals surface area contributed by atoms with Crippen molar-refractivity contribution < 1.29 is 13.6 Å². The summed E-state index contributed by atoms with van der Waals surface area (Å²) in [5.41, 5.74) is 0.488. The van der Waals surface area contributed by atoms with E-state index in [4.69, 9.17) is 0 Å². The third-order valence-electron chi connectivity index (χ3n) is 2.75. The van der Waals surface area contributed by atoms with Crippen LogP contribution < -0.4 is 0 Å². The predicted molar refractivity (Wildman–Crippen MR) is 62.5 cm³/mol. The smallest absolute Gasteiger partial charge is 0.216 e. The zero-order valence-electron chi connectivity index (χ0n) is 10.3. The van der Waals surface area contributed by atoms with Crippen LogP contribution in [0.4, 0.5) is 8.78 Å². The number of hydrogen-bond donors (Lipinski definition) is 0. The van der Waals surface area contributed by atoms with Crippen molar-refractivity contribution >= 4 is 5.78 Å². The van der Waals surface area contributed by atoms with Crippen molar-refractivity contribution in [3.8, 4) is 0 Å². The molecular formula is C13H12F2N2O. The summed E-state index contributed by atoms with van der Waals surface area (Å²) in [5, 5.41) is 3.99. The molecular weight excluding hydrogens is 238 g/mol. The van der Waals surface area contributed by atoms with E-state index in [-0.39, 0.29) is 11.3 Å². The van der Waals surface area contributed by atoms with Crippen molar-refractivity contribution in [1.29, 1.82) is 0 Å².